The molecule has 1 aromatic heterocycles. The normalized spacial score (nSPS) is 16.5. The van der Waals surface area contributed by atoms with Gasteiger partial charge in [-0.2, -0.15) is 4.98 Å². The number of hydrogen-bond acceptors (Lipinski definition) is 6. The smallest absolute Gasteiger partial charge is 0.318 e. The molecule has 7 heteroatoms. The zero-order chi connectivity index (χ0) is 15.3. The minimum absolute atomic E-state index is 0.146. The summed E-state index contributed by atoms with van der Waals surface area (Å²) >= 11 is 6.07. The third-order valence-electron chi connectivity index (χ3n) is 3.77. The number of hydrogen-bond donors (Lipinski definition) is 1. The summed E-state index contributed by atoms with van der Waals surface area (Å²) in [6, 6.07) is 0.235. The van der Waals surface area contributed by atoms with E-state index in [1.54, 1.807) is 0 Å². The topological polar surface area (TPSA) is 73.3 Å². The molecule has 0 aliphatic heterocycles. The largest absolute Gasteiger partial charge is 0.467 e. The van der Waals surface area contributed by atoms with Crippen molar-refractivity contribution in [1.82, 2.24) is 9.97 Å². The summed E-state index contributed by atoms with van der Waals surface area (Å²) in [4.78, 5) is 20.3. The van der Waals surface area contributed by atoms with Crippen molar-refractivity contribution in [2.75, 3.05) is 25.6 Å². The van der Waals surface area contributed by atoms with E-state index in [9.17, 15) is 4.79 Å². The minimum atomic E-state index is -0.489. The molecule has 1 heterocycles. The third kappa shape index (κ3) is 3.56. The highest BCUT2D eigenvalue weighted by Crippen LogP contribution is 2.39. The van der Waals surface area contributed by atoms with Crippen molar-refractivity contribution in [2.45, 2.75) is 32.6 Å². The molecule has 0 atom stereocenters. The lowest BCUT2D eigenvalue weighted by atomic mass is 9.86. The first-order valence-electron chi connectivity index (χ1n) is 7.09. The lowest BCUT2D eigenvalue weighted by molar-refractivity contribution is -0.154. The molecule has 6 nitrogen and oxygen atoms in total. The summed E-state index contributed by atoms with van der Waals surface area (Å²) < 4.78 is 10.2. The van der Waals surface area contributed by atoms with Gasteiger partial charge in [0, 0.05) is 6.54 Å². The molecule has 0 unspecified atom stereocenters. The van der Waals surface area contributed by atoms with Crippen LogP contribution in [0.5, 0.6) is 6.01 Å². The monoisotopic (exact) mass is 313 g/mol. The van der Waals surface area contributed by atoms with Crippen molar-refractivity contribution in [1.29, 1.82) is 0 Å². The van der Waals surface area contributed by atoms with Gasteiger partial charge in [-0.05, 0) is 19.8 Å². The van der Waals surface area contributed by atoms with Crippen molar-refractivity contribution >= 4 is 23.4 Å². The van der Waals surface area contributed by atoms with E-state index in [2.05, 4.69) is 15.3 Å². The van der Waals surface area contributed by atoms with Crippen LogP contribution in [-0.2, 0) is 9.53 Å². The van der Waals surface area contributed by atoms with Gasteiger partial charge in [-0.1, -0.05) is 24.4 Å². The Morgan fingerprint density at radius 3 is 2.81 bits per heavy atom. The highest BCUT2D eigenvalue weighted by molar-refractivity contribution is 6.32. The standard InChI is InChI=1S/C14H20ClN3O3/c1-3-21-12(19)14(6-4-5-7-14)9-17-11-10(15)8-16-13(18-11)20-2/h8H,3-7,9H2,1-2H3,(H,16,17,18). The molecule has 0 bridgehead atoms. The van der Waals surface area contributed by atoms with Crippen LogP contribution in [0, 0.1) is 5.41 Å². The first kappa shape index (κ1) is 15.8. The third-order valence-corrected chi connectivity index (χ3v) is 4.04. The SMILES string of the molecule is CCOC(=O)C1(CNc2nc(OC)ncc2Cl)CCCC1. The number of nitrogens with zero attached hydrogens (tertiary/aromatic N) is 2. The fourth-order valence-corrected chi connectivity index (χ4v) is 2.77. The van der Waals surface area contributed by atoms with Crippen LogP contribution in [0.3, 0.4) is 0 Å². The van der Waals surface area contributed by atoms with Crippen molar-refractivity contribution in [3.63, 3.8) is 0 Å². The summed E-state index contributed by atoms with van der Waals surface area (Å²) in [7, 11) is 1.49. The predicted molar refractivity (Wildman–Crippen MR) is 79.6 cm³/mol. The van der Waals surface area contributed by atoms with Gasteiger partial charge in [0.2, 0.25) is 0 Å². The Kier molecular flexibility index (Phi) is 5.22. The Labute approximate surface area is 129 Å². The molecule has 21 heavy (non-hydrogen) atoms. The fraction of sp³-hybridized carbons (Fsp3) is 0.643. The molecule has 0 aromatic carbocycles. The lowest BCUT2D eigenvalue weighted by Crippen LogP contribution is -2.37. The molecule has 1 saturated carbocycles. The molecule has 0 saturated heterocycles. The average molecular weight is 314 g/mol. The number of rotatable bonds is 6. The Morgan fingerprint density at radius 1 is 1.48 bits per heavy atom. The number of nitrogens with one attached hydrogen (secondary N) is 1. The van der Waals surface area contributed by atoms with Gasteiger partial charge in [-0.3, -0.25) is 4.79 Å². The van der Waals surface area contributed by atoms with Crippen LogP contribution in [0.2, 0.25) is 5.02 Å². The molecule has 0 spiro atoms. The highest BCUT2D eigenvalue weighted by Gasteiger charge is 2.42. The van der Waals surface area contributed by atoms with Crippen molar-refractivity contribution in [3.05, 3.63) is 11.2 Å². The van der Waals surface area contributed by atoms with Gasteiger partial charge in [0.05, 0.1) is 25.3 Å². The van der Waals surface area contributed by atoms with Crippen LogP contribution in [-0.4, -0.2) is 36.2 Å². The summed E-state index contributed by atoms with van der Waals surface area (Å²) in [6.07, 6.45) is 5.17. The summed E-state index contributed by atoms with van der Waals surface area (Å²) in [5.41, 5.74) is -0.489. The zero-order valence-corrected chi connectivity index (χ0v) is 13.1. The van der Waals surface area contributed by atoms with Crippen LogP contribution in [0.1, 0.15) is 32.6 Å². The number of ether oxygens (including phenoxy) is 2. The molecule has 2 rings (SSSR count). The van der Waals surface area contributed by atoms with Gasteiger partial charge in [0.15, 0.2) is 5.82 Å². The van der Waals surface area contributed by atoms with Crippen LogP contribution in [0.25, 0.3) is 0 Å². The van der Waals surface area contributed by atoms with Gasteiger partial charge >= 0.3 is 12.0 Å². The minimum Gasteiger partial charge on any atom is -0.467 e. The number of carbonyl (C=O) groups excluding carboxylic acids is 1. The van der Waals surface area contributed by atoms with Gasteiger partial charge < -0.3 is 14.8 Å². The second kappa shape index (κ2) is 6.93. The van der Waals surface area contributed by atoms with E-state index in [1.807, 2.05) is 6.92 Å². The van der Waals surface area contributed by atoms with Crippen molar-refractivity contribution in [2.24, 2.45) is 5.41 Å². The summed E-state index contributed by atoms with van der Waals surface area (Å²) in [5.74, 6) is 0.325. The van der Waals surface area contributed by atoms with Gasteiger partial charge in [-0.25, -0.2) is 4.98 Å². The second-order valence-electron chi connectivity index (χ2n) is 5.11. The van der Waals surface area contributed by atoms with Crippen molar-refractivity contribution in [3.8, 4) is 6.01 Å². The molecule has 1 fully saturated rings. The maximum Gasteiger partial charge on any atom is 0.318 e. The van der Waals surface area contributed by atoms with Crippen LogP contribution in [0.15, 0.2) is 6.20 Å². The Hall–Kier alpha value is -1.56. The van der Waals surface area contributed by atoms with Crippen LogP contribution < -0.4 is 10.1 Å². The molecule has 1 aliphatic carbocycles. The summed E-state index contributed by atoms with van der Waals surface area (Å²) in [5, 5.41) is 3.54. The van der Waals surface area contributed by atoms with Crippen LogP contribution >= 0.6 is 11.6 Å². The molecule has 1 aliphatic rings. The van der Waals surface area contributed by atoms with E-state index in [4.69, 9.17) is 21.1 Å². The maximum absolute atomic E-state index is 12.2. The van der Waals surface area contributed by atoms with Crippen LogP contribution in [0.4, 0.5) is 5.82 Å². The number of esters is 1. The van der Waals surface area contributed by atoms with E-state index in [0.29, 0.717) is 24.0 Å². The molecule has 116 valence electrons. The first-order chi connectivity index (χ1) is 10.1. The number of halogens is 1. The molecule has 1 aromatic rings. The Bertz CT molecular complexity index is 504. The van der Waals surface area contributed by atoms with E-state index >= 15 is 0 Å². The lowest BCUT2D eigenvalue weighted by Gasteiger charge is -2.27. The van der Waals surface area contributed by atoms with E-state index in [-0.39, 0.29) is 12.0 Å². The van der Waals surface area contributed by atoms with E-state index in [1.165, 1.54) is 13.3 Å². The van der Waals surface area contributed by atoms with E-state index < -0.39 is 5.41 Å². The Morgan fingerprint density at radius 2 is 2.19 bits per heavy atom. The van der Waals surface area contributed by atoms with Gasteiger partial charge in [0.1, 0.15) is 5.02 Å². The number of methoxy groups -OCH3 is 1. The fourth-order valence-electron chi connectivity index (χ4n) is 2.62. The second-order valence-corrected chi connectivity index (χ2v) is 5.52. The van der Waals surface area contributed by atoms with Crippen molar-refractivity contribution < 1.29 is 14.3 Å². The highest BCUT2D eigenvalue weighted by atomic mass is 35.5. The molecular formula is C14H20ClN3O3. The van der Waals surface area contributed by atoms with E-state index in [0.717, 1.165) is 25.7 Å². The predicted octanol–water partition coefficient (Wildman–Crippen LogP) is 2.67. The number of aromatic nitrogens is 2. The van der Waals surface area contributed by atoms with Gasteiger partial charge in [-0.15, -0.1) is 0 Å². The maximum atomic E-state index is 12.2. The number of carbonyl (C=O) groups is 1. The quantitative estimate of drug-likeness (QED) is 0.814. The zero-order valence-electron chi connectivity index (χ0n) is 12.3. The average Bonchev–Trinajstić information content (AvgIpc) is 2.97. The summed E-state index contributed by atoms with van der Waals surface area (Å²) in [6.45, 7) is 2.66. The molecule has 1 N–H and O–H groups in total. The van der Waals surface area contributed by atoms with Gasteiger partial charge in [0.25, 0.3) is 0 Å². The molecule has 0 radical (unpaired) electrons. The molecule has 0 amide bonds. The first-order valence-corrected chi connectivity index (χ1v) is 7.47. The Balaban J connectivity index is 2.10. The molecular weight excluding hydrogens is 294 g/mol. The number of anilines is 1.